The van der Waals surface area contributed by atoms with Crippen LogP contribution < -0.4 is 10.1 Å². The minimum Gasteiger partial charge on any atom is -0.491 e. The number of nitrogens with one attached hydrogen (secondary N) is 1. The lowest BCUT2D eigenvalue weighted by Crippen LogP contribution is -2.51. The van der Waals surface area contributed by atoms with Crippen LogP contribution in [0.1, 0.15) is 52.3 Å². The molecule has 8 heteroatoms. The van der Waals surface area contributed by atoms with Crippen molar-refractivity contribution >= 4 is 17.6 Å². The Morgan fingerprint density at radius 1 is 1.13 bits per heavy atom. The van der Waals surface area contributed by atoms with Crippen molar-refractivity contribution in [3.8, 4) is 5.75 Å². The average Bonchev–Trinajstić information content (AvgIpc) is 3.16. The maximum Gasteiger partial charge on any atom is 0.239 e. The fourth-order valence-corrected chi connectivity index (χ4v) is 3.84. The number of hydrogen-bond donors (Lipinski definition) is 1. The van der Waals surface area contributed by atoms with Gasteiger partial charge in [-0.3, -0.25) is 14.5 Å². The average molecular weight is 428 g/mol. The molecule has 0 aliphatic carbocycles. The Labute approximate surface area is 184 Å². The van der Waals surface area contributed by atoms with Gasteiger partial charge in [-0.2, -0.15) is 5.10 Å². The fourth-order valence-electron chi connectivity index (χ4n) is 3.84. The molecule has 1 saturated heterocycles. The van der Waals surface area contributed by atoms with E-state index >= 15 is 0 Å². The third kappa shape index (κ3) is 5.85. The number of benzene rings is 1. The lowest BCUT2D eigenvalue weighted by atomic mass is 10.0. The Morgan fingerprint density at radius 3 is 2.45 bits per heavy atom. The molecule has 0 unspecified atom stereocenters. The Balaban J connectivity index is 1.74. The van der Waals surface area contributed by atoms with Gasteiger partial charge in [0.25, 0.3) is 0 Å². The number of carbonyl (C=O) groups is 2. The smallest absolute Gasteiger partial charge is 0.239 e. The van der Waals surface area contributed by atoms with Crippen molar-refractivity contribution in [1.82, 2.24) is 19.6 Å². The van der Waals surface area contributed by atoms with Crippen LogP contribution in [0.4, 0.5) is 5.82 Å². The van der Waals surface area contributed by atoms with Crippen LogP contribution in [0.3, 0.4) is 0 Å². The number of piperazine rings is 1. The van der Waals surface area contributed by atoms with Crippen LogP contribution in [0, 0.1) is 0 Å². The fraction of sp³-hybridized carbons (Fsp3) is 0.522. The maximum absolute atomic E-state index is 12.8. The number of rotatable bonds is 7. The highest BCUT2D eigenvalue weighted by Gasteiger charge is 2.31. The molecule has 168 valence electrons. The molecule has 0 bridgehead atoms. The molecule has 1 fully saturated rings. The molecule has 1 atom stereocenters. The summed E-state index contributed by atoms with van der Waals surface area (Å²) >= 11 is 0. The SMILES string of the molecule is CC(=O)N1CCN(CC(=O)Nc2ccnn2C(C)C)[C@H](c2ccc(OC(C)C)cc2)C1. The summed E-state index contributed by atoms with van der Waals surface area (Å²) in [5, 5.41) is 7.24. The molecule has 1 aromatic carbocycles. The Morgan fingerprint density at radius 2 is 1.84 bits per heavy atom. The van der Waals surface area contributed by atoms with Crippen LogP contribution in [0.5, 0.6) is 5.75 Å². The van der Waals surface area contributed by atoms with E-state index in [4.69, 9.17) is 4.74 Å². The standard InChI is InChI=1S/C23H33N5O3/c1-16(2)28-22(10-11-24-28)25-23(30)15-27-13-12-26(18(5)29)14-21(27)19-6-8-20(9-7-19)31-17(3)4/h6-11,16-17,21H,12-15H2,1-5H3,(H,25,30)/t21-/m0/s1. The first-order chi connectivity index (χ1) is 14.7. The van der Waals surface area contributed by atoms with Crippen LogP contribution >= 0.6 is 0 Å². The van der Waals surface area contributed by atoms with Gasteiger partial charge >= 0.3 is 0 Å². The molecular formula is C23H33N5O3. The van der Waals surface area contributed by atoms with E-state index in [1.165, 1.54) is 0 Å². The van der Waals surface area contributed by atoms with Gasteiger partial charge in [0.15, 0.2) is 0 Å². The topological polar surface area (TPSA) is 79.7 Å². The van der Waals surface area contributed by atoms with E-state index in [1.807, 2.05) is 56.9 Å². The van der Waals surface area contributed by atoms with Crippen LogP contribution in [0.25, 0.3) is 0 Å². The number of anilines is 1. The molecule has 2 aromatic rings. The van der Waals surface area contributed by atoms with E-state index in [-0.39, 0.29) is 36.5 Å². The second kappa shape index (κ2) is 9.96. The van der Waals surface area contributed by atoms with E-state index in [0.717, 1.165) is 11.3 Å². The molecule has 3 rings (SSSR count). The van der Waals surface area contributed by atoms with Gasteiger partial charge in [0, 0.05) is 38.7 Å². The number of nitrogens with zero attached hydrogens (tertiary/aromatic N) is 4. The third-order valence-corrected chi connectivity index (χ3v) is 5.35. The molecular weight excluding hydrogens is 394 g/mol. The summed E-state index contributed by atoms with van der Waals surface area (Å²) in [4.78, 5) is 28.8. The van der Waals surface area contributed by atoms with Crippen LogP contribution in [-0.2, 0) is 9.59 Å². The predicted octanol–water partition coefficient (Wildman–Crippen LogP) is 3.10. The Bertz CT molecular complexity index is 891. The minimum absolute atomic E-state index is 0.0506. The van der Waals surface area contributed by atoms with Gasteiger partial charge in [0.2, 0.25) is 11.8 Å². The lowest BCUT2D eigenvalue weighted by Gasteiger charge is -2.41. The molecule has 0 spiro atoms. The van der Waals surface area contributed by atoms with Crippen molar-refractivity contribution in [2.45, 2.75) is 52.8 Å². The van der Waals surface area contributed by atoms with E-state index in [9.17, 15) is 9.59 Å². The number of amides is 2. The van der Waals surface area contributed by atoms with E-state index in [1.54, 1.807) is 23.9 Å². The third-order valence-electron chi connectivity index (χ3n) is 5.35. The van der Waals surface area contributed by atoms with Crippen molar-refractivity contribution in [1.29, 1.82) is 0 Å². The van der Waals surface area contributed by atoms with Gasteiger partial charge < -0.3 is 15.0 Å². The molecule has 1 N–H and O–H groups in total. The summed E-state index contributed by atoms with van der Waals surface area (Å²) in [5.74, 6) is 1.46. The zero-order valence-electron chi connectivity index (χ0n) is 19.0. The number of aromatic nitrogens is 2. The monoisotopic (exact) mass is 427 g/mol. The van der Waals surface area contributed by atoms with Crippen molar-refractivity contribution in [3.05, 3.63) is 42.1 Å². The van der Waals surface area contributed by atoms with Gasteiger partial charge in [-0.1, -0.05) is 12.1 Å². The summed E-state index contributed by atoms with van der Waals surface area (Å²) in [6.45, 7) is 11.6. The number of carbonyl (C=O) groups excluding carboxylic acids is 2. The summed E-state index contributed by atoms with van der Waals surface area (Å²) in [7, 11) is 0. The summed E-state index contributed by atoms with van der Waals surface area (Å²) < 4.78 is 7.53. The van der Waals surface area contributed by atoms with Gasteiger partial charge in [0.05, 0.1) is 24.9 Å². The van der Waals surface area contributed by atoms with Gasteiger partial charge in [0.1, 0.15) is 11.6 Å². The molecule has 1 aromatic heterocycles. The first kappa shape index (κ1) is 22.8. The highest BCUT2D eigenvalue weighted by molar-refractivity contribution is 5.91. The Kier molecular flexibility index (Phi) is 7.33. The normalized spacial score (nSPS) is 17.3. The van der Waals surface area contributed by atoms with Crippen LogP contribution in [0.15, 0.2) is 36.5 Å². The molecule has 2 amide bonds. The largest absolute Gasteiger partial charge is 0.491 e. The van der Waals surface area contributed by atoms with E-state index in [2.05, 4.69) is 15.3 Å². The molecule has 0 saturated carbocycles. The van der Waals surface area contributed by atoms with Gasteiger partial charge in [-0.15, -0.1) is 0 Å². The first-order valence-corrected chi connectivity index (χ1v) is 10.8. The zero-order chi connectivity index (χ0) is 22.5. The first-order valence-electron chi connectivity index (χ1n) is 10.8. The molecule has 2 heterocycles. The van der Waals surface area contributed by atoms with Gasteiger partial charge in [-0.25, -0.2) is 4.68 Å². The molecule has 8 nitrogen and oxygen atoms in total. The van der Waals surface area contributed by atoms with E-state index < -0.39 is 0 Å². The highest BCUT2D eigenvalue weighted by atomic mass is 16.5. The summed E-state index contributed by atoms with van der Waals surface area (Å²) in [6, 6.07) is 9.82. The number of hydrogen-bond acceptors (Lipinski definition) is 5. The molecule has 1 aliphatic heterocycles. The quantitative estimate of drug-likeness (QED) is 0.735. The molecule has 31 heavy (non-hydrogen) atoms. The van der Waals surface area contributed by atoms with Crippen LogP contribution in [0.2, 0.25) is 0 Å². The second-order valence-electron chi connectivity index (χ2n) is 8.49. The second-order valence-corrected chi connectivity index (χ2v) is 8.49. The zero-order valence-corrected chi connectivity index (χ0v) is 19.0. The summed E-state index contributed by atoms with van der Waals surface area (Å²) in [5.41, 5.74) is 1.06. The highest BCUT2D eigenvalue weighted by Crippen LogP contribution is 2.27. The van der Waals surface area contributed by atoms with Crippen molar-refractivity contribution in [3.63, 3.8) is 0 Å². The van der Waals surface area contributed by atoms with Crippen molar-refractivity contribution in [2.24, 2.45) is 0 Å². The Hall–Kier alpha value is -2.87. The lowest BCUT2D eigenvalue weighted by molar-refractivity contribution is -0.132. The molecule has 0 radical (unpaired) electrons. The van der Waals surface area contributed by atoms with Gasteiger partial charge in [-0.05, 0) is 45.4 Å². The van der Waals surface area contributed by atoms with Crippen molar-refractivity contribution < 1.29 is 14.3 Å². The minimum atomic E-state index is -0.0940. The maximum atomic E-state index is 12.8. The predicted molar refractivity (Wildman–Crippen MR) is 120 cm³/mol. The van der Waals surface area contributed by atoms with E-state index in [0.29, 0.717) is 25.5 Å². The summed E-state index contributed by atoms with van der Waals surface area (Å²) in [6.07, 6.45) is 1.79. The van der Waals surface area contributed by atoms with Crippen molar-refractivity contribution in [2.75, 3.05) is 31.5 Å². The van der Waals surface area contributed by atoms with Crippen LogP contribution in [-0.4, -0.2) is 63.7 Å². The number of ether oxygens (including phenoxy) is 1. The molecule has 1 aliphatic rings.